The highest BCUT2D eigenvalue weighted by atomic mass is 16.7. The molecule has 0 heterocycles. The number of rotatable bonds is 11. The molecule has 182 valence electrons. The van der Waals surface area contributed by atoms with Gasteiger partial charge in [-0.3, -0.25) is 4.79 Å². The van der Waals surface area contributed by atoms with E-state index in [1.807, 2.05) is 81.4 Å². The number of ketones is 1. The van der Waals surface area contributed by atoms with Crippen LogP contribution in [-0.2, 0) is 23.7 Å². The normalized spacial score (nSPS) is 22.0. The van der Waals surface area contributed by atoms with E-state index in [-0.39, 0.29) is 12.1 Å². The first kappa shape index (κ1) is 32.2. The first-order chi connectivity index (χ1) is 15.0. The van der Waals surface area contributed by atoms with Crippen LogP contribution < -0.4 is 0 Å². The Hall–Kier alpha value is -1.97. The van der Waals surface area contributed by atoms with Crippen molar-refractivity contribution >= 4 is 5.78 Å². The van der Waals surface area contributed by atoms with E-state index in [1.54, 1.807) is 12.2 Å². The van der Waals surface area contributed by atoms with Gasteiger partial charge < -0.3 is 18.9 Å². The fourth-order valence-electron chi connectivity index (χ4n) is 3.24. The largest absolute Gasteiger partial charge is 0.353 e. The van der Waals surface area contributed by atoms with Crippen molar-refractivity contribution in [3.63, 3.8) is 0 Å². The minimum absolute atomic E-state index is 0.000566. The lowest BCUT2D eigenvalue weighted by Crippen LogP contribution is -2.42. The van der Waals surface area contributed by atoms with Crippen LogP contribution in [0.1, 0.15) is 69.2 Å². The van der Waals surface area contributed by atoms with E-state index in [1.165, 1.54) is 0 Å². The van der Waals surface area contributed by atoms with Crippen LogP contribution in [0.3, 0.4) is 0 Å². The monoisotopic (exact) mass is 448 g/mol. The Bertz CT molecular complexity index is 700. The van der Waals surface area contributed by atoms with Crippen LogP contribution in [0.2, 0.25) is 0 Å². The van der Waals surface area contributed by atoms with E-state index < -0.39 is 17.5 Å². The van der Waals surface area contributed by atoms with Crippen LogP contribution >= 0.6 is 0 Å². The molecule has 5 heteroatoms. The molecule has 32 heavy (non-hydrogen) atoms. The van der Waals surface area contributed by atoms with E-state index in [2.05, 4.69) is 19.4 Å². The summed E-state index contributed by atoms with van der Waals surface area (Å²) in [5.74, 6) is -0.000566. The predicted octanol–water partition coefficient (Wildman–Crippen LogP) is 6.17. The maximum Gasteiger partial charge on any atom is 0.181 e. The zero-order valence-electron chi connectivity index (χ0n) is 21.8. The van der Waals surface area contributed by atoms with Crippen LogP contribution in [-0.4, -0.2) is 42.8 Å². The van der Waals surface area contributed by atoms with E-state index in [0.29, 0.717) is 18.8 Å². The first-order valence-electron chi connectivity index (χ1n) is 11.2. The first-order valence-corrected chi connectivity index (χ1v) is 11.2. The van der Waals surface area contributed by atoms with Crippen molar-refractivity contribution in [1.82, 2.24) is 0 Å². The predicted molar refractivity (Wildman–Crippen MR) is 133 cm³/mol. The van der Waals surface area contributed by atoms with Gasteiger partial charge in [0.05, 0.1) is 0 Å². The quantitative estimate of drug-likeness (QED) is 0.215. The molecule has 0 amide bonds. The molecule has 0 aromatic rings. The van der Waals surface area contributed by atoms with Crippen molar-refractivity contribution in [3.8, 4) is 12.8 Å². The van der Waals surface area contributed by atoms with Crippen molar-refractivity contribution in [1.29, 1.82) is 0 Å². The molecule has 4 atom stereocenters. The van der Waals surface area contributed by atoms with Crippen molar-refractivity contribution in [2.45, 2.75) is 93.0 Å². The zero-order valence-corrected chi connectivity index (χ0v) is 21.8. The average molecular weight is 449 g/mol. The highest BCUT2D eigenvalue weighted by Crippen LogP contribution is 2.39. The maximum atomic E-state index is 12.3. The van der Waals surface area contributed by atoms with Crippen LogP contribution in [0.25, 0.3) is 0 Å². The second kappa shape index (κ2) is 15.8. The summed E-state index contributed by atoms with van der Waals surface area (Å²) in [6.45, 7) is 24.1. The van der Waals surface area contributed by atoms with Crippen LogP contribution in [0, 0.1) is 12.8 Å². The third-order valence-electron chi connectivity index (χ3n) is 5.05. The Morgan fingerprint density at radius 1 is 1.09 bits per heavy atom. The Morgan fingerprint density at radius 2 is 1.59 bits per heavy atom. The van der Waals surface area contributed by atoms with Crippen molar-refractivity contribution in [3.05, 3.63) is 47.6 Å². The minimum atomic E-state index is -0.894. The fraction of sp³-hybridized carbons (Fsp3) is 0.593. The number of hydrogen-bond donors (Lipinski definition) is 0. The van der Waals surface area contributed by atoms with Gasteiger partial charge in [-0.2, -0.15) is 0 Å². The van der Waals surface area contributed by atoms with Crippen LogP contribution in [0.5, 0.6) is 0 Å². The van der Waals surface area contributed by atoms with Gasteiger partial charge in [-0.1, -0.05) is 26.5 Å². The third-order valence-corrected chi connectivity index (χ3v) is 5.05. The number of ether oxygens (including phenoxy) is 4. The molecular weight excluding hydrogens is 404 g/mol. The summed E-state index contributed by atoms with van der Waals surface area (Å²) < 4.78 is 23.5. The summed E-state index contributed by atoms with van der Waals surface area (Å²) in [5.41, 5.74) is 0.644. The maximum absolute atomic E-state index is 12.3. The molecular formula is C27H44O5. The summed E-state index contributed by atoms with van der Waals surface area (Å²) in [6.07, 6.45) is 14.3. The van der Waals surface area contributed by atoms with E-state index >= 15 is 0 Å². The molecule has 0 fully saturated rings. The topological polar surface area (TPSA) is 54.0 Å². The Balaban J connectivity index is 0. The zero-order chi connectivity index (χ0) is 25.5. The van der Waals surface area contributed by atoms with Gasteiger partial charge in [0.25, 0.3) is 0 Å². The molecule has 0 aromatic heterocycles. The Labute approximate surface area is 196 Å². The summed E-state index contributed by atoms with van der Waals surface area (Å²) in [7, 11) is 0. The summed E-state index contributed by atoms with van der Waals surface area (Å²) in [5, 5.41) is 0. The highest BCUT2D eigenvalue weighted by molar-refractivity contribution is 6.06. The van der Waals surface area contributed by atoms with Crippen LogP contribution in [0.4, 0.5) is 0 Å². The molecule has 1 aliphatic carbocycles. The lowest BCUT2D eigenvalue weighted by atomic mass is 9.78. The number of carbonyl (C=O) groups excluding carboxylic acids is 1. The van der Waals surface area contributed by atoms with Crippen molar-refractivity contribution in [2.24, 2.45) is 0 Å². The van der Waals surface area contributed by atoms with Gasteiger partial charge in [0.15, 0.2) is 18.4 Å². The van der Waals surface area contributed by atoms with Crippen molar-refractivity contribution < 1.29 is 23.7 Å². The van der Waals surface area contributed by atoms with E-state index in [9.17, 15) is 4.79 Å². The van der Waals surface area contributed by atoms with Gasteiger partial charge >= 0.3 is 0 Å². The fourth-order valence-corrected chi connectivity index (χ4v) is 3.24. The van der Waals surface area contributed by atoms with E-state index in [0.717, 1.165) is 11.1 Å². The molecule has 1 rings (SSSR count). The summed E-state index contributed by atoms with van der Waals surface area (Å²) >= 11 is 0. The molecule has 1 aliphatic rings. The van der Waals surface area contributed by atoms with Gasteiger partial charge in [0.2, 0.25) is 0 Å². The van der Waals surface area contributed by atoms with Gasteiger partial charge in [-0.05, 0) is 90.3 Å². The molecule has 0 saturated heterocycles. The number of carbonyl (C=O) groups is 1. The minimum Gasteiger partial charge on any atom is -0.353 e. The summed E-state index contributed by atoms with van der Waals surface area (Å²) in [4.78, 5) is 12.3. The van der Waals surface area contributed by atoms with Gasteiger partial charge in [-0.25, -0.2) is 0 Å². The highest BCUT2D eigenvalue weighted by Gasteiger charge is 2.40. The Morgan fingerprint density at radius 3 is 2.06 bits per heavy atom. The molecule has 0 saturated carbocycles. The molecule has 0 radical (unpaired) electrons. The second-order valence-corrected chi connectivity index (χ2v) is 7.18. The van der Waals surface area contributed by atoms with Crippen LogP contribution in [0.15, 0.2) is 47.6 Å². The molecule has 0 spiro atoms. The standard InChI is InChI=1S/C23H36O5.C2H6.C2H2/c1-10-22(9,27-19(7)25-11-2)13-14-23(28-20(8)26-12-3)16(4)15-21(24)17(5)18(23)6;2*1-2/h10,13-15,19-20H,1,11-12H2,2-9H3;1-2H3;1-2H/b14-13+;;. The number of terminal acetylenes is 1. The molecule has 0 aliphatic heterocycles. The molecule has 0 N–H and O–H groups in total. The van der Waals surface area contributed by atoms with Gasteiger partial charge in [0.1, 0.15) is 11.2 Å². The number of allylic oxidation sites excluding steroid dienone is 2. The van der Waals surface area contributed by atoms with Gasteiger partial charge in [-0.15, -0.1) is 12.8 Å². The molecule has 0 bridgehead atoms. The lowest BCUT2D eigenvalue weighted by molar-refractivity contribution is -0.168. The SMILES string of the molecule is C#C.C=CC(C)(/C=C/C1(OC(C)OCC)C(C)=CC(=O)C(C)=C1C)OC(C)OCC.CC. The second-order valence-electron chi connectivity index (χ2n) is 7.18. The number of hydrogen-bond acceptors (Lipinski definition) is 5. The lowest BCUT2D eigenvalue weighted by Gasteiger charge is -2.39. The van der Waals surface area contributed by atoms with E-state index in [4.69, 9.17) is 18.9 Å². The summed E-state index contributed by atoms with van der Waals surface area (Å²) in [6, 6.07) is 0. The molecule has 4 unspecified atom stereocenters. The third kappa shape index (κ3) is 8.88. The van der Waals surface area contributed by atoms with Gasteiger partial charge in [0, 0.05) is 13.2 Å². The average Bonchev–Trinajstić information content (AvgIpc) is 2.77. The Kier molecular flexibility index (Phi) is 15.9. The van der Waals surface area contributed by atoms with Crippen molar-refractivity contribution in [2.75, 3.05) is 13.2 Å². The molecule has 0 aromatic carbocycles. The molecule has 5 nitrogen and oxygen atoms in total. The smallest absolute Gasteiger partial charge is 0.181 e.